The lowest BCUT2D eigenvalue weighted by Crippen LogP contribution is -2.52. The minimum atomic E-state index is -4.78. The molecule has 0 saturated carbocycles. The largest absolute Gasteiger partial charge is 0.507 e. The zero-order valence-corrected chi connectivity index (χ0v) is 17.2. The second-order valence-electron chi connectivity index (χ2n) is 7.34. The maximum absolute atomic E-state index is 13.9. The van der Waals surface area contributed by atoms with E-state index >= 15 is 0 Å². The van der Waals surface area contributed by atoms with E-state index in [1.807, 2.05) is 32.0 Å². The van der Waals surface area contributed by atoms with Crippen LogP contribution in [0.25, 0.3) is 0 Å². The molecular formula is C21H20F4N2O2S. The summed E-state index contributed by atoms with van der Waals surface area (Å²) < 4.78 is 63.8. The lowest BCUT2D eigenvalue weighted by Gasteiger charge is -2.34. The van der Waals surface area contributed by atoms with E-state index < -0.39 is 24.0 Å². The quantitative estimate of drug-likeness (QED) is 0.661. The van der Waals surface area contributed by atoms with Crippen molar-refractivity contribution in [3.63, 3.8) is 0 Å². The monoisotopic (exact) mass is 440 g/mol. The van der Waals surface area contributed by atoms with Crippen molar-refractivity contribution in [3.8, 4) is 11.5 Å². The van der Waals surface area contributed by atoms with Gasteiger partial charge >= 0.3 is 12.2 Å². The van der Waals surface area contributed by atoms with E-state index in [1.54, 1.807) is 6.07 Å². The summed E-state index contributed by atoms with van der Waals surface area (Å²) in [5.41, 5.74) is 3.41. The van der Waals surface area contributed by atoms with Crippen LogP contribution in [-0.2, 0) is 6.42 Å². The second kappa shape index (κ2) is 7.68. The molecule has 30 heavy (non-hydrogen) atoms. The van der Waals surface area contributed by atoms with E-state index in [4.69, 9.17) is 0 Å². The lowest BCUT2D eigenvalue weighted by atomic mass is 9.95. The van der Waals surface area contributed by atoms with Gasteiger partial charge in [-0.25, -0.2) is 0 Å². The van der Waals surface area contributed by atoms with E-state index in [2.05, 4.69) is 19.8 Å². The highest BCUT2D eigenvalue weighted by Gasteiger charge is 2.66. The number of hydrogen-bond acceptors (Lipinski definition) is 5. The van der Waals surface area contributed by atoms with Gasteiger partial charge in [-0.1, -0.05) is 53.2 Å². The molecule has 0 saturated heterocycles. The SMILES string of the molecule is Cc1cc(C)cc(CC(NC2=NCCS2)c2cccc3c2OC(F)(F)C(F)(F)O3)c1. The highest BCUT2D eigenvalue weighted by Crippen LogP contribution is 2.49. The Hall–Kier alpha value is -2.42. The average Bonchev–Trinajstić information content (AvgIpc) is 3.13. The first-order valence-corrected chi connectivity index (χ1v) is 10.4. The Morgan fingerprint density at radius 3 is 2.43 bits per heavy atom. The van der Waals surface area contributed by atoms with Crippen molar-refractivity contribution in [2.75, 3.05) is 12.3 Å². The van der Waals surface area contributed by atoms with Gasteiger partial charge in [0.05, 0.1) is 12.6 Å². The van der Waals surface area contributed by atoms with E-state index in [9.17, 15) is 17.6 Å². The van der Waals surface area contributed by atoms with Gasteiger partial charge in [-0.2, -0.15) is 17.6 Å². The molecule has 0 bridgehead atoms. The van der Waals surface area contributed by atoms with Gasteiger partial charge in [-0.05, 0) is 31.9 Å². The van der Waals surface area contributed by atoms with E-state index in [0.29, 0.717) is 23.7 Å². The van der Waals surface area contributed by atoms with Gasteiger partial charge in [0.25, 0.3) is 0 Å². The van der Waals surface area contributed by atoms with E-state index in [0.717, 1.165) is 22.4 Å². The van der Waals surface area contributed by atoms with Crippen molar-refractivity contribution in [3.05, 3.63) is 58.7 Å². The number of amidine groups is 1. The molecule has 1 atom stereocenters. The molecule has 0 spiro atoms. The van der Waals surface area contributed by atoms with Crippen molar-refractivity contribution in [1.82, 2.24) is 5.32 Å². The molecule has 0 amide bonds. The Morgan fingerprint density at radius 1 is 1.07 bits per heavy atom. The molecule has 0 fully saturated rings. The Kier molecular flexibility index (Phi) is 5.34. The summed E-state index contributed by atoms with van der Waals surface area (Å²) in [6.45, 7) is 4.60. The Labute approximate surface area is 175 Å². The third-order valence-corrected chi connectivity index (χ3v) is 5.70. The van der Waals surface area contributed by atoms with Crippen molar-refractivity contribution < 1.29 is 27.0 Å². The molecule has 160 valence electrons. The number of alkyl halides is 4. The first kappa shape index (κ1) is 20.8. The Bertz CT molecular complexity index is 977. The van der Waals surface area contributed by atoms with Crippen LogP contribution in [0.3, 0.4) is 0 Å². The zero-order chi connectivity index (χ0) is 21.5. The minimum absolute atomic E-state index is 0.303. The number of thioether (sulfide) groups is 1. The fourth-order valence-electron chi connectivity index (χ4n) is 3.61. The summed E-state index contributed by atoms with van der Waals surface area (Å²) in [5.74, 6) is 0.00522. The number of nitrogens with zero attached hydrogens (tertiary/aromatic N) is 1. The molecule has 1 unspecified atom stereocenters. The normalized spacial score (nSPS) is 19.9. The number of aryl methyl sites for hydroxylation is 2. The van der Waals surface area contributed by atoms with Gasteiger partial charge in [0.2, 0.25) is 0 Å². The third kappa shape index (κ3) is 4.08. The van der Waals surface area contributed by atoms with Gasteiger partial charge < -0.3 is 14.8 Å². The molecule has 2 aromatic rings. The van der Waals surface area contributed by atoms with Gasteiger partial charge in [-0.15, -0.1) is 0 Å². The summed E-state index contributed by atoms with van der Waals surface area (Å²) in [4.78, 5) is 4.37. The zero-order valence-electron chi connectivity index (χ0n) is 16.3. The van der Waals surface area contributed by atoms with Crippen LogP contribution in [0, 0.1) is 13.8 Å². The third-order valence-electron chi connectivity index (χ3n) is 4.80. The van der Waals surface area contributed by atoms with Gasteiger partial charge in [0, 0.05) is 11.3 Å². The van der Waals surface area contributed by atoms with Crippen LogP contribution in [-0.4, -0.2) is 29.7 Å². The Balaban J connectivity index is 1.74. The first-order valence-electron chi connectivity index (χ1n) is 9.42. The molecule has 0 aromatic heterocycles. The molecule has 2 aromatic carbocycles. The molecule has 1 N–H and O–H groups in total. The van der Waals surface area contributed by atoms with Crippen LogP contribution in [0.1, 0.15) is 28.3 Å². The maximum Gasteiger partial charge on any atom is 0.507 e. The predicted molar refractivity (Wildman–Crippen MR) is 108 cm³/mol. The standard InChI is InChI=1S/C21H20F4N2O2S/c1-12-8-13(2)10-14(9-12)11-16(27-19-26-6-7-30-19)15-4-3-5-17-18(15)29-21(24,25)20(22,23)28-17/h3-5,8-10,16H,6-7,11H2,1-2H3,(H,26,27). The number of para-hydroxylation sites is 1. The average molecular weight is 440 g/mol. The van der Waals surface area contributed by atoms with Crippen molar-refractivity contribution in [1.29, 1.82) is 0 Å². The number of aliphatic imine (C=N–C) groups is 1. The number of rotatable bonds is 4. The minimum Gasteiger partial charge on any atom is -0.421 e. The first-order chi connectivity index (χ1) is 14.1. The van der Waals surface area contributed by atoms with E-state index in [-0.39, 0.29) is 5.75 Å². The molecule has 9 heteroatoms. The van der Waals surface area contributed by atoms with Gasteiger partial charge in [-0.3, -0.25) is 4.99 Å². The fraction of sp³-hybridized carbons (Fsp3) is 0.381. The molecule has 0 radical (unpaired) electrons. The Morgan fingerprint density at radius 2 is 1.77 bits per heavy atom. The van der Waals surface area contributed by atoms with Crippen LogP contribution in [0.4, 0.5) is 17.6 Å². The van der Waals surface area contributed by atoms with Crippen LogP contribution in [0.2, 0.25) is 0 Å². The molecular weight excluding hydrogens is 420 g/mol. The maximum atomic E-state index is 13.9. The molecule has 4 rings (SSSR count). The molecule has 0 aliphatic carbocycles. The number of fused-ring (bicyclic) bond motifs is 1. The summed E-state index contributed by atoms with van der Waals surface area (Å²) >= 11 is 1.52. The summed E-state index contributed by atoms with van der Waals surface area (Å²) in [6.07, 6.45) is -9.11. The second-order valence-corrected chi connectivity index (χ2v) is 8.43. The van der Waals surface area contributed by atoms with Crippen LogP contribution in [0.5, 0.6) is 11.5 Å². The summed E-state index contributed by atoms with van der Waals surface area (Å²) in [6, 6.07) is 9.75. The smallest absolute Gasteiger partial charge is 0.421 e. The molecule has 2 aliphatic heterocycles. The number of hydrogen-bond donors (Lipinski definition) is 1. The van der Waals surface area contributed by atoms with Crippen LogP contribution >= 0.6 is 11.8 Å². The highest BCUT2D eigenvalue weighted by molar-refractivity contribution is 8.14. The lowest BCUT2D eigenvalue weighted by molar-refractivity contribution is -0.391. The summed E-state index contributed by atoms with van der Waals surface area (Å²) in [7, 11) is 0. The van der Waals surface area contributed by atoms with Gasteiger partial charge in [0.15, 0.2) is 16.7 Å². The van der Waals surface area contributed by atoms with Crippen molar-refractivity contribution in [2.24, 2.45) is 4.99 Å². The van der Waals surface area contributed by atoms with Crippen LogP contribution in [0.15, 0.2) is 41.4 Å². The predicted octanol–water partition coefficient (Wildman–Crippen LogP) is 5.24. The number of halogens is 4. The number of benzene rings is 2. The van der Waals surface area contributed by atoms with E-state index in [1.165, 1.54) is 23.9 Å². The number of ether oxygens (including phenoxy) is 2. The van der Waals surface area contributed by atoms with Crippen molar-refractivity contribution in [2.45, 2.75) is 38.5 Å². The van der Waals surface area contributed by atoms with Gasteiger partial charge in [0.1, 0.15) is 0 Å². The molecule has 2 heterocycles. The van der Waals surface area contributed by atoms with Crippen LogP contribution < -0.4 is 14.8 Å². The summed E-state index contributed by atoms with van der Waals surface area (Å²) in [5, 5.41) is 3.94. The highest BCUT2D eigenvalue weighted by atomic mass is 32.2. The topological polar surface area (TPSA) is 42.9 Å². The van der Waals surface area contributed by atoms with Crippen molar-refractivity contribution >= 4 is 16.9 Å². The molecule has 4 nitrogen and oxygen atoms in total. The number of nitrogens with one attached hydrogen (secondary N) is 1. The fourth-order valence-corrected chi connectivity index (χ4v) is 4.40. The molecule has 2 aliphatic rings.